The topological polar surface area (TPSA) is 59.6 Å². The van der Waals surface area contributed by atoms with E-state index in [0.29, 0.717) is 48.6 Å². The zero-order chi connectivity index (χ0) is 18.6. The summed E-state index contributed by atoms with van der Waals surface area (Å²) in [5.41, 5.74) is 2.17. The summed E-state index contributed by atoms with van der Waals surface area (Å²) in [7, 11) is 0. The van der Waals surface area contributed by atoms with E-state index in [1.165, 1.54) is 0 Å². The van der Waals surface area contributed by atoms with Crippen molar-refractivity contribution in [3.63, 3.8) is 0 Å². The first-order valence-corrected chi connectivity index (χ1v) is 9.76. The average molecular weight is 387 g/mol. The molecule has 2 N–H and O–H groups in total. The number of urea groups is 1. The van der Waals surface area contributed by atoms with Gasteiger partial charge in [-0.25, -0.2) is 4.79 Å². The number of hydrogen-bond donors (Lipinski definition) is 2. The standard InChI is InChI=1S/C21H23ClN2O3/c22-17-12-14(13-18-20(17)27-11-10-26-18)8-9-23-21(25)24-19(16-6-7-16)15-4-2-1-3-5-15/h1-5,12-13,16,19H,6-11H2,(H2,23,24,25). The number of rotatable bonds is 6. The van der Waals surface area contributed by atoms with Crippen LogP contribution in [0.15, 0.2) is 42.5 Å². The Kier molecular flexibility index (Phi) is 5.39. The fraction of sp³-hybridized carbons (Fsp3) is 0.381. The molecule has 142 valence electrons. The normalized spacial score (nSPS) is 16.5. The Bertz CT molecular complexity index is 809. The molecule has 1 fully saturated rings. The molecule has 1 atom stereocenters. The summed E-state index contributed by atoms with van der Waals surface area (Å²) >= 11 is 6.26. The highest BCUT2D eigenvalue weighted by Crippen LogP contribution is 2.41. The van der Waals surface area contributed by atoms with Gasteiger partial charge < -0.3 is 20.1 Å². The van der Waals surface area contributed by atoms with E-state index in [4.69, 9.17) is 21.1 Å². The number of amides is 2. The van der Waals surface area contributed by atoms with Crippen LogP contribution in [0.25, 0.3) is 0 Å². The minimum absolute atomic E-state index is 0.0786. The molecule has 0 saturated heterocycles. The predicted molar refractivity (Wildman–Crippen MR) is 105 cm³/mol. The Morgan fingerprint density at radius 2 is 1.93 bits per heavy atom. The van der Waals surface area contributed by atoms with Gasteiger partial charge in [-0.2, -0.15) is 0 Å². The van der Waals surface area contributed by atoms with Crippen LogP contribution in [0.2, 0.25) is 5.02 Å². The number of nitrogens with one attached hydrogen (secondary N) is 2. The maximum Gasteiger partial charge on any atom is 0.315 e. The molecule has 4 rings (SSSR count). The van der Waals surface area contributed by atoms with Crippen LogP contribution in [0.1, 0.15) is 30.0 Å². The SMILES string of the molecule is O=C(NCCc1cc(Cl)c2c(c1)OCCO2)NC(c1ccccc1)C1CC1. The second-order valence-corrected chi connectivity index (χ2v) is 7.39. The van der Waals surface area contributed by atoms with E-state index in [2.05, 4.69) is 22.8 Å². The molecule has 1 heterocycles. The number of carbonyl (C=O) groups is 1. The highest BCUT2D eigenvalue weighted by atomic mass is 35.5. The van der Waals surface area contributed by atoms with Crippen molar-refractivity contribution in [1.82, 2.24) is 10.6 Å². The van der Waals surface area contributed by atoms with E-state index in [1.54, 1.807) is 0 Å². The van der Waals surface area contributed by atoms with Crippen LogP contribution in [0, 0.1) is 5.92 Å². The first kappa shape index (κ1) is 18.0. The molecule has 0 bridgehead atoms. The number of ether oxygens (including phenoxy) is 2. The lowest BCUT2D eigenvalue weighted by Crippen LogP contribution is -2.39. The number of carbonyl (C=O) groups excluding carboxylic acids is 1. The van der Waals surface area contributed by atoms with Gasteiger partial charge in [0.1, 0.15) is 13.2 Å². The monoisotopic (exact) mass is 386 g/mol. The molecule has 2 aromatic rings. The molecule has 1 aliphatic heterocycles. The van der Waals surface area contributed by atoms with Crippen LogP contribution in [0.5, 0.6) is 11.5 Å². The van der Waals surface area contributed by atoms with E-state index in [-0.39, 0.29) is 12.1 Å². The fourth-order valence-electron chi connectivity index (χ4n) is 3.38. The molecule has 5 nitrogen and oxygen atoms in total. The summed E-state index contributed by atoms with van der Waals surface area (Å²) in [6.45, 7) is 1.56. The average Bonchev–Trinajstić information content (AvgIpc) is 3.52. The second-order valence-electron chi connectivity index (χ2n) is 6.98. The molecule has 1 saturated carbocycles. The van der Waals surface area contributed by atoms with Gasteiger partial charge in [0, 0.05) is 6.54 Å². The van der Waals surface area contributed by atoms with Gasteiger partial charge in [-0.3, -0.25) is 0 Å². The zero-order valence-corrected chi connectivity index (χ0v) is 15.8. The summed E-state index contributed by atoms with van der Waals surface area (Å²) < 4.78 is 11.1. The van der Waals surface area contributed by atoms with E-state index < -0.39 is 0 Å². The molecule has 6 heteroatoms. The minimum Gasteiger partial charge on any atom is -0.486 e. The van der Waals surface area contributed by atoms with Gasteiger partial charge >= 0.3 is 6.03 Å². The van der Waals surface area contributed by atoms with Gasteiger partial charge in [0.15, 0.2) is 11.5 Å². The van der Waals surface area contributed by atoms with E-state index in [0.717, 1.165) is 24.0 Å². The van der Waals surface area contributed by atoms with Crippen molar-refractivity contribution in [2.24, 2.45) is 5.92 Å². The first-order chi connectivity index (χ1) is 13.2. The molecular formula is C21H23ClN2O3. The third-order valence-corrected chi connectivity index (χ3v) is 5.18. The van der Waals surface area contributed by atoms with Gasteiger partial charge in [0.25, 0.3) is 0 Å². The number of benzene rings is 2. The third kappa shape index (κ3) is 4.48. The molecular weight excluding hydrogens is 364 g/mol. The minimum atomic E-state index is -0.139. The molecule has 2 amide bonds. The summed E-state index contributed by atoms with van der Waals surface area (Å²) in [5, 5.41) is 6.62. The lowest BCUT2D eigenvalue weighted by atomic mass is 10.0. The van der Waals surface area contributed by atoms with Crippen LogP contribution < -0.4 is 20.1 Å². The lowest BCUT2D eigenvalue weighted by molar-refractivity contribution is 0.171. The molecule has 0 radical (unpaired) electrons. The number of halogens is 1. The Hall–Kier alpha value is -2.40. The van der Waals surface area contributed by atoms with Crippen molar-refractivity contribution >= 4 is 17.6 Å². The van der Waals surface area contributed by atoms with Crippen molar-refractivity contribution in [2.75, 3.05) is 19.8 Å². The van der Waals surface area contributed by atoms with E-state index in [9.17, 15) is 4.79 Å². The molecule has 1 unspecified atom stereocenters. The Labute approximate surface area is 164 Å². The highest BCUT2D eigenvalue weighted by Gasteiger charge is 2.33. The Balaban J connectivity index is 1.31. The van der Waals surface area contributed by atoms with Crippen molar-refractivity contribution in [3.05, 3.63) is 58.6 Å². The first-order valence-electron chi connectivity index (χ1n) is 9.38. The highest BCUT2D eigenvalue weighted by molar-refractivity contribution is 6.32. The van der Waals surface area contributed by atoms with Crippen LogP contribution in [0.4, 0.5) is 4.79 Å². The zero-order valence-electron chi connectivity index (χ0n) is 15.0. The summed E-state index contributed by atoms with van der Waals surface area (Å²) in [6, 6.07) is 13.9. The van der Waals surface area contributed by atoms with Gasteiger partial charge in [0.2, 0.25) is 0 Å². The number of hydrogen-bond acceptors (Lipinski definition) is 3. The van der Waals surface area contributed by atoms with Crippen molar-refractivity contribution in [1.29, 1.82) is 0 Å². The summed E-state index contributed by atoms with van der Waals surface area (Å²) in [6.07, 6.45) is 2.99. The van der Waals surface area contributed by atoms with Crippen LogP contribution >= 0.6 is 11.6 Å². The molecule has 2 aromatic carbocycles. The molecule has 1 aliphatic carbocycles. The van der Waals surface area contributed by atoms with Crippen molar-refractivity contribution in [2.45, 2.75) is 25.3 Å². The smallest absolute Gasteiger partial charge is 0.315 e. The number of fused-ring (bicyclic) bond motifs is 1. The largest absolute Gasteiger partial charge is 0.486 e. The van der Waals surface area contributed by atoms with Gasteiger partial charge in [0.05, 0.1) is 11.1 Å². The molecule has 0 aromatic heterocycles. The molecule has 0 spiro atoms. The van der Waals surface area contributed by atoms with Gasteiger partial charge in [-0.15, -0.1) is 0 Å². The second kappa shape index (κ2) is 8.09. The van der Waals surface area contributed by atoms with Crippen molar-refractivity contribution < 1.29 is 14.3 Å². The van der Waals surface area contributed by atoms with Gasteiger partial charge in [-0.1, -0.05) is 41.9 Å². The maximum absolute atomic E-state index is 12.4. The molecule has 2 aliphatic rings. The van der Waals surface area contributed by atoms with Crippen LogP contribution in [0.3, 0.4) is 0 Å². The van der Waals surface area contributed by atoms with Crippen LogP contribution in [-0.4, -0.2) is 25.8 Å². The Morgan fingerprint density at radius 3 is 2.70 bits per heavy atom. The fourth-order valence-corrected chi connectivity index (χ4v) is 3.67. The lowest BCUT2D eigenvalue weighted by Gasteiger charge is -2.21. The van der Waals surface area contributed by atoms with Crippen LogP contribution in [-0.2, 0) is 6.42 Å². The summed E-state index contributed by atoms with van der Waals surface area (Å²) in [5.74, 6) is 1.81. The quantitative estimate of drug-likeness (QED) is 0.785. The molecule has 27 heavy (non-hydrogen) atoms. The van der Waals surface area contributed by atoms with Gasteiger partial charge in [-0.05, 0) is 48.4 Å². The summed E-state index contributed by atoms with van der Waals surface area (Å²) in [4.78, 5) is 12.4. The third-order valence-electron chi connectivity index (χ3n) is 4.89. The van der Waals surface area contributed by atoms with E-state index >= 15 is 0 Å². The Morgan fingerprint density at radius 1 is 1.15 bits per heavy atom. The van der Waals surface area contributed by atoms with E-state index in [1.807, 2.05) is 30.3 Å². The van der Waals surface area contributed by atoms with Crippen molar-refractivity contribution in [3.8, 4) is 11.5 Å². The predicted octanol–water partition coefficient (Wildman–Crippen LogP) is 4.10. The maximum atomic E-state index is 12.4.